The van der Waals surface area contributed by atoms with Crippen molar-refractivity contribution in [2.45, 2.75) is 26.2 Å². The highest BCUT2D eigenvalue weighted by Crippen LogP contribution is 1.90. The molecule has 0 aromatic rings. The minimum Gasteiger partial charge on any atom is -0.356 e. The Balaban J connectivity index is 3.11. The van der Waals surface area contributed by atoms with Crippen molar-refractivity contribution in [2.24, 2.45) is 0 Å². The summed E-state index contributed by atoms with van der Waals surface area (Å²) in [6, 6.07) is 0. The first kappa shape index (κ1) is 11.1. The van der Waals surface area contributed by atoms with E-state index in [9.17, 15) is 4.79 Å². The monoisotopic (exact) mass is 171 g/mol. The van der Waals surface area contributed by atoms with Crippen LogP contribution in [-0.4, -0.2) is 37.3 Å². The number of nitrogens with zero attached hydrogens (tertiary/aromatic N) is 1. The lowest BCUT2D eigenvalue weighted by Crippen LogP contribution is -2.20. The van der Waals surface area contributed by atoms with Gasteiger partial charge in [0, 0.05) is 19.9 Å². The van der Waals surface area contributed by atoms with Gasteiger partial charge in [0.05, 0.1) is 0 Å². The van der Waals surface area contributed by atoms with Crippen molar-refractivity contribution in [3.63, 3.8) is 0 Å². The topological polar surface area (TPSA) is 32.1 Å². The van der Waals surface area contributed by atoms with E-state index in [1.807, 2.05) is 14.1 Å². The van der Waals surface area contributed by atoms with Crippen molar-refractivity contribution in [2.75, 3.05) is 20.6 Å². The van der Waals surface area contributed by atoms with E-state index < -0.39 is 0 Å². The molecule has 70 valence electrons. The van der Waals surface area contributed by atoms with Gasteiger partial charge in [-0.15, -0.1) is 0 Å². The zero-order valence-corrected chi connectivity index (χ0v) is 8.26. The van der Waals surface area contributed by atoms with Gasteiger partial charge in [0.25, 0.3) is 0 Å². The molecule has 0 aliphatic rings. The van der Waals surface area contributed by atoms with Gasteiger partial charge in [0.15, 0.2) is 0 Å². The van der Waals surface area contributed by atoms with Gasteiger partial charge in [0.1, 0.15) is 20.3 Å². The molecule has 3 heteroatoms. The molecule has 0 aliphatic carbocycles. The van der Waals surface area contributed by atoms with Crippen LogP contribution in [0.15, 0.2) is 0 Å². The molecule has 0 radical (unpaired) electrons. The zero-order valence-electron chi connectivity index (χ0n) is 8.26. The number of rotatable bonds is 5. The van der Waals surface area contributed by atoms with Crippen LogP contribution in [0.5, 0.6) is 0 Å². The predicted molar refractivity (Wildman–Crippen MR) is 50.7 cm³/mol. The fourth-order valence-electron chi connectivity index (χ4n) is 0.883. The Labute approximate surface area is 74.5 Å². The molecule has 1 amide bonds. The van der Waals surface area contributed by atoms with Crippen LogP contribution in [-0.2, 0) is 4.79 Å². The molecule has 1 N–H and O–H groups in total. The normalized spacial score (nSPS) is 9.25. The second-order valence-electron chi connectivity index (χ2n) is 3.12. The van der Waals surface area contributed by atoms with E-state index in [-0.39, 0.29) is 5.91 Å². The largest absolute Gasteiger partial charge is 0.356 e. The van der Waals surface area contributed by atoms with Gasteiger partial charge in [-0.05, 0) is 12.8 Å². The van der Waals surface area contributed by atoms with Gasteiger partial charge in [-0.25, -0.2) is 4.58 Å². The van der Waals surface area contributed by atoms with Crippen LogP contribution in [0.25, 0.3) is 0 Å². The number of carbonyl (C=O) groups excluding carboxylic acids is 1. The molecule has 0 atom stereocenters. The Bertz CT molecular complexity index is 160. The summed E-state index contributed by atoms with van der Waals surface area (Å²) >= 11 is 0. The molecule has 3 nitrogen and oxygen atoms in total. The van der Waals surface area contributed by atoms with E-state index in [1.165, 1.54) is 0 Å². The third kappa shape index (κ3) is 9.14. The summed E-state index contributed by atoms with van der Waals surface area (Å²) in [6.07, 6.45) is 5.43. The average molecular weight is 171 g/mol. The van der Waals surface area contributed by atoms with Crippen molar-refractivity contribution in [3.05, 3.63) is 0 Å². The Hall–Kier alpha value is -0.860. The first-order valence-corrected chi connectivity index (χ1v) is 4.37. The Morgan fingerprint density at radius 3 is 2.58 bits per heavy atom. The first-order chi connectivity index (χ1) is 5.63. The van der Waals surface area contributed by atoms with Crippen molar-refractivity contribution in [1.82, 2.24) is 5.32 Å². The van der Waals surface area contributed by atoms with E-state index >= 15 is 0 Å². The third-order valence-corrected chi connectivity index (χ3v) is 1.50. The highest BCUT2D eigenvalue weighted by Gasteiger charge is 1.91. The fraction of sp³-hybridized carbons (Fsp3) is 0.778. The second-order valence-corrected chi connectivity index (χ2v) is 3.12. The molecule has 0 bridgehead atoms. The molecule has 0 unspecified atom stereocenters. The summed E-state index contributed by atoms with van der Waals surface area (Å²) in [4.78, 5) is 10.5. The standard InChI is InChI=1S/C9H18N2O/c1-9(12)10-7-5-4-6-8-11(2)3/h8H,4-7H2,1-3H3/p+1. The second kappa shape index (κ2) is 6.83. The lowest BCUT2D eigenvalue weighted by Gasteiger charge is -1.98. The van der Waals surface area contributed by atoms with Crippen molar-refractivity contribution in [1.29, 1.82) is 0 Å². The predicted octanol–water partition coefficient (Wildman–Crippen LogP) is 0.636. The Morgan fingerprint density at radius 2 is 2.08 bits per heavy atom. The maximum absolute atomic E-state index is 10.5. The molecular formula is C9H19N2O+. The van der Waals surface area contributed by atoms with Crippen molar-refractivity contribution in [3.8, 4) is 0 Å². The molecule has 0 aromatic carbocycles. The highest BCUT2D eigenvalue weighted by molar-refractivity contribution is 5.72. The van der Waals surface area contributed by atoms with Crippen LogP contribution in [0.3, 0.4) is 0 Å². The molecule has 0 aromatic heterocycles. The summed E-state index contributed by atoms with van der Waals surface area (Å²) in [7, 11) is 4.04. The summed E-state index contributed by atoms with van der Waals surface area (Å²) in [5.74, 6) is 0.0617. The molecule has 0 rings (SSSR count). The molecule has 0 spiro atoms. The quantitative estimate of drug-likeness (QED) is 0.367. The molecular weight excluding hydrogens is 152 g/mol. The number of unbranched alkanes of at least 4 members (excludes halogenated alkanes) is 2. The summed E-state index contributed by atoms with van der Waals surface area (Å²) in [6.45, 7) is 2.35. The minimum absolute atomic E-state index is 0.0617. The number of nitrogens with one attached hydrogen (secondary N) is 1. The number of carbonyl (C=O) groups is 1. The molecule has 0 heterocycles. The summed E-state index contributed by atoms with van der Waals surface area (Å²) < 4.78 is 2.05. The highest BCUT2D eigenvalue weighted by atomic mass is 16.1. The lowest BCUT2D eigenvalue weighted by molar-refractivity contribution is -0.460. The van der Waals surface area contributed by atoms with E-state index in [0.29, 0.717) is 0 Å². The van der Waals surface area contributed by atoms with Crippen LogP contribution < -0.4 is 5.32 Å². The molecule has 0 aliphatic heterocycles. The van der Waals surface area contributed by atoms with E-state index in [1.54, 1.807) is 6.92 Å². The van der Waals surface area contributed by atoms with Gasteiger partial charge in [-0.3, -0.25) is 4.79 Å². The van der Waals surface area contributed by atoms with Crippen LogP contribution >= 0.6 is 0 Å². The van der Waals surface area contributed by atoms with E-state index in [0.717, 1.165) is 25.8 Å². The molecule has 12 heavy (non-hydrogen) atoms. The lowest BCUT2D eigenvalue weighted by atomic mass is 10.2. The van der Waals surface area contributed by atoms with Crippen LogP contribution in [0.4, 0.5) is 0 Å². The van der Waals surface area contributed by atoms with Crippen LogP contribution in [0, 0.1) is 0 Å². The SMILES string of the molecule is CC(=O)NCCCCC=[N+](C)C. The van der Waals surface area contributed by atoms with Crippen molar-refractivity contribution >= 4 is 12.1 Å². The summed E-state index contributed by atoms with van der Waals surface area (Å²) in [5, 5.41) is 2.77. The summed E-state index contributed by atoms with van der Waals surface area (Å²) in [5.41, 5.74) is 0. The van der Waals surface area contributed by atoms with Gasteiger partial charge in [0.2, 0.25) is 5.91 Å². The molecule has 0 saturated heterocycles. The smallest absolute Gasteiger partial charge is 0.216 e. The fourth-order valence-corrected chi connectivity index (χ4v) is 0.883. The van der Waals surface area contributed by atoms with Gasteiger partial charge in [-0.1, -0.05) is 0 Å². The number of hydrogen-bond acceptors (Lipinski definition) is 1. The molecule has 0 fully saturated rings. The Morgan fingerprint density at radius 1 is 1.42 bits per heavy atom. The molecule has 0 saturated carbocycles. The minimum atomic E-state index is 0.0617. The van der Waals surface area contributed by atoms with Gasteiger partial charge < -0.3 is 5.32 Å². The van der Waals surface area contributed by atoms with E-state index in [2.05, 4.69) is 16.1 Å². The maximum Gasteiger partial charge on any atom is 0.216 e. The number of amides is 1. The van der Waals surface area contributed by atoms with Crippen LogP contribution in [0.2, 0.25) is 0 Å². The average Bonchev–Trinajstić information content (AvgIpc) is 1.95. The number of hydrogen-bond donors (Lipinski definition) is 1. The van der Waals surface area contributed by atoms with Gasteiger partial charge in [-0.2, -0.15) is 0 Å². The van der Waals surface area contributed by atoms with Gasteiger partial charge >= 0.3 is 0 Å². The first-order valence-electron chi connectivity index (χ1n) is 4.37. The third-order valence-electron chi connectivity index (χ3n) is 1.50. The zero-order chi connectivity index (χ0) is 9.40. The maximum atomic E-state index is 10.5. The van der Waals surface area contributed by atoms with E-state index in [4.69, 9.17) is 0 Å². The van der Waals surface area contributed by atoms with Crippen LogP contribution in [0.1, 0.15) is 26.2 Å². The van der Waals surface area contributed by atoms with Crippen molar-refractivity contribution < 1.29 is 9.37 Å². The Kier molecular flexibility index (Phi) is 6.34.